The fraction of sp³-hybridized carbons (Fsp3) is 0.333. The van der Waals surface area contributed by atoms with Gasteiger partial charge in [0.2, 0.25) is 0 Å². The van der Waals surface area contributed by atoms with Crippen LogP contribution < -0.4 is 5.32 Å². The van der Waals surface area contributed by atoms with E-state index in [0.717, 1.165) is 28.4 Å². The second kappa shape index (κ2) is 4.93. The second-order valence-corrected chi connectivity index (χ2v) is 5.33. The van der Waals surface area contributed by atoms with Crippen LogP contribution in [0.5, 0.6) is 0 Å². The molecular weight excluding hydrogens is 260 g/mol. The van der Waals surface area contributed by atoms with Gasteiger partial charge in [-0.1, -0.05) is 0 Å². The summed E-state index contributed by atoms with van der Waals surface area (Å²) in [7, 11) is 0. The molecule has 98 valence electrons. The zero-order chi connectivity index (χ0) is 13.2. The first-order valence-electron chi connectivity index (χ1n) is 6.03. The predicted octanol–water partition coefficient (Wildman–Crippen LogP) is 2.09. The van der Waals surface area contributed by atoms with Crippen molar-refractivity contribution in [2.45, 2.75) is 26.4 Å². The summed E-state index contributed by atoms with van der Waals surface area (Å²) < 4.78 is 2.90. The molecule has 3 rings (SSSR count). The minimum absolute atomic E-state index is 0.210. The molecule has 6 nitrogen and oxygen atoms in total. The van der Waals surface area contributed by atoms with E-state index in [9.17, 15) is 0 Å². The van der Waals surface area contributed by atoms with Gasteiger partial charge in [0.15, 0.2) is 0 Å². The standard InChI is InChI=1S/C12H14N6S/c1-8(5-18-7-13-6-14-18)15-12-11-10(3-4-19-11)16-9(2)17-12/h3-4,6-8H,5H2,1-2H3,(H,15,16,17). The number of thiophene rings is 1. The summed E-state index contributed by atoms with van der Waals surface area (Å²) in [6.07, 6.45) is 3.25. The number of anilines is 1. The van der Waals surface area contributed by atoms with E-state index in [0.29, 0.717) is 0 Å². The summed E-state index contributed by atoms with van der Waals surface area (Å²) >= 11 is 1.65. The Kier molecular flexibility index (Phi) is 3.12. The average molecular weight is 274 g/mol. The third-order valence-corrected chi connectivity index (χ3v) is 3.64. The molecule has 0 fully saturated rings. The van der Waals surface area contributed by atoms with E-state index in [-0.39, 0.29) is 6.04 Å². The van der Waals surface area contributed by atoms with Crippen molar-refractivity contribution in [2.75, 3.05) is 5.32 Å². The highest BCUT2D eigenvalue weighted by molar-refractivity contribution is 7.17. The lowest BCUT2D eigenvalue weighted by Gasteiger charge is -2.15. The molecule has 1 N–H and O–H groups in total. The largest absolute Gasteiger partial charge is 0.364 e. The quantitative estimate of drug-likeness (QED) is 0.789. The number of hydrogen-bond acceptors (Lipinski definition) is 6. The van der Waals surface area contributed by atoms with Gasteiger partial charge in [-0.15, -0.1) is 11.3 Å². The number of hydrogen-bond donors (Lipinski definition) is 1. The predicted molar refractivity (Wildman–Crippen MR) is 75.3 cm³/mol. The topological polar surface area (TPSA) is 68.5 Å². The molecule has 0 aromatic carbocycles. The highest BCUT2D eigenvalue weighted by Crippen LogP contribution is 2.26. The normalized spacial score (nSPS) is 12.7. The molecule has 0 bridgehead atoms. The molecule has 0 spiro atoms. The number of aromatic nitrogens is 5. The Balaban J connectivity index is 1.82. The van der Waals surface area contributed by atoms with Gasteiger partial charge in [-0.3, -0.25) is 4.68 Å². The van der Waals surface area contributed by atoms with Crippen molar-refractivity contribution in [2.24, 2.45) is 0 Å². The van der Waals surface area contributed by atoms with Crippen LogP contribution in [-0.4, -0.2) is 30.8 Å². The molecule has 7 heteroatoms. The van der Waals surface area contributed by atoms with Crippen molar-refractivity contribution in [3.63, 3.8) is 0 Å². The lowest BCUT2D eigenvalue weighted by atomic mass is 10.3. The Bertz CT molecular complexity index is 675. The molecule has 0 aliphatic rings. The number of fused-ring (bicyclic) bond motifs is 1. The molecule has 0 radical (unpaired) electrons. The lowest BCUT2D eigenvalue weighted by molar-refractivity contribution is 0.558. The van der Waals surface area contributed by atoms with Crippen molar-refractivity contribution in [1.29, 1.82) is 0 Å². The lowest BCUT2D eigenvalue weighted by Crippen LogP contribution is -2.23. The fourth-order valence-corrected chi connectivity index (χ4v) is 2.75. The summed E-state index contributed by atoms with van der Waals surface area (Å²) in [6, 6.07) is 2.23. The monoisotopic (exact) mass is 274 g/mol. The molecule has 3 aromatic heterocycles. The van der Waals surface area contributed by atoms with Gasteiger partial charge < -0.3 is 5.32 Å². The maximum Gasteiger partial charge on any atom is 0.148 e. The minimum Gasteiger partial charge on any atom is -0.364 e. The summed E-state index contributed by atoms with van der Waals surface area (Å²) in [5.74, 6) is 1.67. The molecule has 0 amide bonds. The fourth-order valence-electron chi connectivity index (χ4n) is 1.96. The van der Waals surface area contributed by atoms with Crippen molar-refractivity contribution >= 4 is 27.4 Å². The van der Waals surface area contributed by atoms with Crippen LogP contribution in [0.1, 0.15) is 12.7 Å². The van der Waals surface area contributed by atoms with Gasteiger partial charge in [0.05, 0.1) is 16.8 Å². The first kappa shape index (κ1) is 12.0. The minimum atomic E-state index is 0.210. The Morgan fingerprint density at radius 2 is 2.32 bits per heavy atom. The van der Waals surface area contributed by atoms with E-state index >= 15 is 0 Å². The van der Waals surface area contributed by atoms with Crippen LogP contribution in [0.25, 0.3) is 10.2 Å². The summed E-state index contributed by atoms with van der Waals surface area (Å²) in [6.45, 7) is 4.75. The first-order chi connectivity index (χ1) is 9.22. The average Bonchev–Trinajstić information content (AvgIpc) is 2.99. The zero-order valence-corrected chi connectivity index (χ0v) is 11.6. The molecule has 0 aliphatic carbocycles. The van der Waals surface area contributed by atoms with Crippen LogP contribution in [0.3, 0.4) is 0 Å². The third-order valence-electron chi connectivity index (χ3n) is 2.73. The highest BCUT2D eigenvalue weighted by atomic mass is 32.1. The van der Waals surface area contributed by atoms with Gasteiger partial charge in [-0.25, -0.2) is 15.0 Å². The van der Waals surface area contributed by atoms with Crippen LogP contribution in [0.4, 0.5) is 5.82 Å². The highest BCUT2D eigenvalue weighted by Gasteiger charge is 2.10. The summed E-state index contributed by atoms with van der Waals surface area (Å²) in [4.78, 5) is 12.8. The number of aryl methyl sites for hydroxylation is 1. The first-order valence-corrected chi connectivity index (χ1v) is 6.91. The van der Waals surface area contributed by atoms with Crippen LogP contribution in [-0.2, 0) is 6.54 Å². The van der Waals surface area contributed by atoms with Crippen LogP contribution in [0.15, 0.2) is 24.1 Å². The Morgan fingerprint density at radius 1 is 1.42 bits per heavy atom. The molecule has 0 aliphatic heterocycles. The van der Waals surface area contributed by atoms with E-state index < -0.39 is 0 Å². The van der Waals surface area contributed by atoms with Crippen LogP contribution >= 0.6 is 11.3 Å². The van der Waals surface area contributed by atoms with Crippen molar-refractivity contribution in [1.82, 2.24) is 24.7 Å². The van der Waals surface area contributed by atoms with Crippen molar-refractivity contribution < 1.29 is 0 Å². The number of nitrogens with one attached hydrogen (secondary N) is 1. The maximum absolute atomic E-state index is 4.49. The van der Waals surface area contributed by atoms with Gasteiger partial charge in [-0.2, -0.15) is 5.10 Å². The zero-order valence-electron chi connectivity index (χ0n) is 10.7. The Labute approximate surface area is 114 Å². The van der Waals surface area contributed by atoms with E-state index in [1.165, 1.54) is 0 Å². The third kappa shape index (κ3) is 2.55. The van der Waals surface area contributed by atoms with E-state index in [1.807, 2.05) is 18.4 Å². The van der Waals surface area contributed by atoms with E-state index in [2.05, 4.69) is 32.3 Å². The van der Waals surface area contributed by atoms with E-state index in [4.69, 9.17) is 0 Å². The molecule has 1 unspecified atom stereocenters. The molecule has 0 saturated heterocycles. The van der Waals surface area contributed by atoms with Gasteiger partial charge >= 0.3 is 0 Å². The smallest absolute Gasteiger partial charge is 0.148 e. The van der Waals surface area contributed by atoms with Gasteiger partial charge in [-0.05, 0) is 25.3 Å². The van der Waals surface area contributed by atoms with Gasteiger partial charge in [0.25, 0.3) is 0 Å². The van der Waals surface area contributed by atoms with Gasteiger partial charge in [0, 0.05) is 6.04 Å². The Hall–Kier alpha value is -2.02. The molecule has 0 saturated carbocycles. The molecule has 1 atom stereocenters. The van der Waals surface area contributed by atoms with E-state index in [1.54, 1.807) is 28.7 Å². The maximum atomic E-state index is 4.49. The summed E-state index contributed by atoms with van der Waals surface area (Å²) in [5, 5.41) is 9.56. The SMILES string of the molecule is Cc1nc(NC(C)Cn2cncn2)c2sccc2n1. The Morgan fingerprint density at radius 3 is 3.11 bits per heavy atom. The second-order valence-electron chi connectivity index (χ2n) is 4.42. The number of nitrogens with zero attached hydrogens (tertiary/aromatic N) is 5. The van der Waals surface area contributed by atoms with Crippen molar-refractivity contribution in [3.05, 3.63) is 29.9 Å². The van der Waals surface area contributed by atoms with Crippen LogP contribution in [0, 0.1) is 6.92 Å². The molecule has 3 aromatic rings. The molecular formula is C12H14N6S. The molecule has 19 heavy (non-hydrogen) atoms. The number of rotatable bonds is 4. The summed E-state index contributed by atoms with van der Waals surface area (Å²) in [5.41, 5.74) is 0.993. The van der Waals surface area contributed by atoms with Crippen molar-refractivity contribution in [3.8, 4) is 0 Å². The van der Waals surface area contributed by atoms with Crippen LogP contribution in [0.2, 0.25) is 0 Å². The molecule has 3 heterocycles. The van der Waals surface area contributed by atoms with Gasteiger partial charge in [0.1, 0.15) is 24.3 Å².